The number of likely N-dealkylation sites (tertiary alicyclic amines) is 1. The topological polar surface area (TPSA) is 59.6 Å². The van der Waals surface area contributed by atoms with Crippen LogP contribution in [0.2, 0.25) is 0 Å². The summed E-state index contributed by atoms with van der Waals surface area (Å²) in [5, 5.41) is 18.6. The number of alkyl halides is 4. The molecular formula is C24H30F4N4O. The van der Waals surface area contributed by atoms with Gasteiger partial charge in [-0.1, -0.05) is 36.4 Å². The molecule has 0 amide bonds. The number of rotatable bonds is 7. The molecule has 2 saturated heterocycles. The van der Waals surface area contributed by atoms with Crippen LogP contribution in [-0.4, -0.2) is 48.3 Å². The third-order valence-electron chi connectivity index (χ3n) is 6.48. The first kappa shape index (κ1) is 24.1. The van der Waals surface area contributed by atoms with Crippen molar-refractivity contribution in [2.24, 2.45) is 0 Å². The second-order valence-corrected chi connectivity index (χ2v) is 8.64. The predicted octanol–water partition coefficient (Wildman–Crippen LogP) is 3.31. The van der Waals surface area contributed by atoms with Crippen molar-refractivity contribution in [2.45, 2.75) is 56.5 Å². The van der Waals surface area contributed by atoms with Gasteiger partial charge in [0.15, 0.2) is 6.17 Å². The van der Waals surface area contributed by atoms with Crippen LogP contribution in [0.1, 0.15) is 41.1 Å². The minimum atomic E-state index is -4.37. The molecule has 2 aromatic carbocycles. The Kier molecular flexibility index (Phi) is 7.65. The summed E-state index contributed by atoms with van der Waals surface area (Å²) in [6, 6.07) is 12.9. The average Bonchev–Trinajstić information content (AvgIpc) is 3.29. The van der Waals surface area contributed by atoms with Gasteiger partial charge in [-0.2, -0.15) is 13.2 Å². The van der Waals surface area contributed by atoms with E-state index in [1.807, 2.05) is 29.2 Å². The highest BCUT2D eigenvalue weighted by molar-refractivity contribution is 5.28. The molecule has 4 rings (SSSR count). The summed E-state index contributed by atoms with van der Waals surface area (Å²) in [6.45, 7) is 1.70. The van der Waals surface area contributed by atoms with Crippen LogP contribution in [0.4, 0.5) is 17.6 Å². The van der Waals surface area contributed by atoms with Gasteiger partial charge in [0.05, 0.1) is 17.9 Å². The first-order valence-corrected chi connectivity index (χ1v) is 11.3. The van der Waals surface area contributed by atoms with Gasteiger partial charge >= 0.3 is 6.18 Å². The Morgan fingerprint density at radius 2 is 1.70 bits per heavy atom. The molecule has 2 aliphatic heterocycles. The Balaban J connectivity index is 1.39. The monoisotopic (exact) mass is 466 g/mol. The Morgan fingerprint density at radius 1 is 1.00 bits per heavy atom. The summed E-state index contributed by atoms with van der Waals surface area (Å²) < 4.78 is 54.3. The summed E-state index contributed by atoms with van der Waals surface area (Å²) in [5.41, 5.74) is 2.17. The zero-order valence-corrected chi connectivity index (χ0v) is 18.3. The van der Waals surface area contributed by atoms with Crippen LogP contribution in [0.15, 0.2) is 48.5 Å². The van der Waals surface area contributed by atoms with Gasteiger partial charge in [-0.3, -0.25) is 20.9 Å². The molecule has 0 radical (unpaired) electrons. The van der Waals surface area contributed by atoms with Crippen molar-refractivity contribution in [3.63, 3.8) is 0 Å². The molecule has 5 nitrogen and oxygen atoms in total. The molecule has 9 heteroatoms. The maximum atomic E-state index is 15.5. The van der Waals surface area contributed by atoms with Crippen LogP contribution in [0, 0.1) is 0 Å². The summed E-state index contributed by atoms with van der Waals surface area (Å²) in [7, 11) is 0. The van der Waals surface area contributed by atoms with Crippen molar-refractivity contribution in [3.05, 3.63) is 70.8 Å². The highest BCUT2D eigenvalue weighted by Crippen LogP contribution is 2.36. The van der Waals surface area contributed by atoms with Crippen LogP contribution in [0.3, 0.4) is 0 Å². The number of halogens is 4. The Bertz CT molecular complexity index is 891. The van der Waals surface area contributed by atoms with Gasteiger partial charge in [0.1, 0.15) is 0 Å². The molecule has 0 aromatic heterocycles. The quantitative estimate of drug-likeness (QED) is 0.472. The molecule has 180 valence electrons. The molecular weight excluding hydrogens is 436 g/mol. The van der Waals surface area contributed by atoms with E-state index in [1.165, 1.54) is 12.1 Å². The zero-order valence-electron chi connectivity index (χ0n) is 18.3. The van der Waals surface area contributed by atoms with Gasteiger partial charge < -0.3 is 5.11 Å². The molecule has 4 N–H and O–H groups in total. The fourth-order valence-corrected chi connectivity index (χ4v) is 4.72. The molecule has 2 heterocycles. The molecule has 2 aromatic rings. The zero-order chi connectivity index (χ0) is 23.4. The van der Waals surface area contributed by atoms with Crippen molar-refractivity contribution in [2.75, 3.05) is 19.8 Å². The van der Waals surface area contributed by atoms with Gasteiger partial charge in [0, 0.05) is 32.4 Å². The van der Waals surface area contributed by atoms with Crippen molar-refractivity contribution in [1.82, 2.24) is 20.9 Å². The number of benzene rings is 2. The van der Waals surface area contributed by atoms with Crippen molar-refractivity contribution in [3.8, 4) is 0 Å². The first-order valence-electron chi connectivity index (χ1n) is 11.3. The number of hydrogen-bond acceptors (Lipinski definition) is 5. The molecule has 0 spiro atoms. The highest BCUT2D eigenvalue weighted by atomic mass is 19.4. The van der Waals surface area contributed by atoms with Gasteiger partial charge in [-0.25, -0.2) is 4.39 Å². The van der Waals surface area contributed by atoms with E-state index in [2.05, 4.69) is 16.0 Å². The van der Waals surface area contributed by atoms with E-state index in [4.69, 9.17) is 5.11 Å². The minimum Gasteiger partial charge on any atom is -0.396 e. The normalized spacial score (nSPS) is 26.6. The number of nitrogens with zero attached hydrogens (tertiary/aromatic N) is 1. The fourth-order valence-electron chi connectivity index (χ4n) is 4.72. The van der Waals surface area contributed by atoms with E-state index in [0.717, 1.165) is 41.7 Å². The third-order valence-corrected chi connectivity index (χ3v) is 6.48. The summed E-state index contributed by atoms with van der Waals surface area (Å²) in [6.07, 6.45) is -4.46. The molecule has 2 aliphatic rings. The number of aliphatic hydroxyl groups excluding tert-OH is 1. The van der Waals surface area contributed by atoms with E-state index in [0.29, 0.717) is 26.2 Å². The number of aliphatic hydroxyl groups is 1. The minimum absolute atomic E-state index is 0.103. The van der Waals surface area contributed by atoms with Gasteiger partial charge in [0.2, 0.25) is 0 Å². The first-order chi connectivity index (χ1) is 15.9. The van der Waals surface area contributed by atoms with Gasteiger partial charge in [0.25, 0.3) is 0 Å². The van der Waals surface area contributed by atoms with E-state index in [-0.39, 0.29) is 12.6 Å². The summed E-state index contributed by atoms with van der Waals surface area (Å²) >= 11 is 0. The largest absolute Gasteiger partial charge is 0.416 e. The lowest BCUT2D eigenvalue weighted by Gasteiger charge is -2.42. The molecule has 0 aliphatic carbocycles. The molecule has 4 atom stereocenters. The second kappa shape index (κ2) is 10.5. The summed E-state index contributed by atoms with van der Waals surface area (Å²) in [5.74, 6) is 0. The lowest BCUT2D eigenvalue weighted by atomic mass is 10.0. The molecule has 0 saturated carbocycles. The second-order valence-electron chi connectivity index (χ2n) is 8.64. The van der Waals surface area contributed by atoms with Crippen LogP contribution < -0.4 is 16.0 Å². The van der Waals surface area contributed by atoms with E-state index in [1.54, 1.807) is 0 Å². The van der Waals surface area contributed by atoms with Crippen molar-refractivity contribution < 1.29 is 22.7 Å². The lowest BCUT2D eigenvalue weighted by Crippen LogP contribution is -2.68. The smallest absolute Gasteiger partial charge is 0.396 e. The number of nitrogens with one attached hydrogen (secondary N) is 3. The molecule has 0 bridgehead atoms. The predicted molar refractivity (Wildman–Crippen MR) is 118 cm³/mol. The fraction of sp³-hybridized carbons (Fsp3) is 0.500. The average molecular weight is 467 g/mol. The third kappa shape index (κ3) is 5.73. The standard InChI is InChI=1S/C24H30F4N4O/c25-21-22(29-14-17-5-3-16(4-6-17)11-13-33)30-15-31-23(21)32-12-1-2-20(32)18-7-9-19(10-8-18)24(26,27)28/h3-10,20-23,29-31,33H,1-2,11-15H2. The van der Waals surface area contributed by atoms with Crippen LogP contribution >= 0.6 is 0 Å². The van der Waals surface area contributed by atoms with Crippen LogP contribution in [0.25, 0.3) is 0 Å². The van der Waals surface area contributed by atoms with E-state index >= 15 is 4.39 Å². The van der Waals surface area contributed by atoms with Crippen LogP contribution in [-0.2, 0) is 19.1 Å². The number of hydrogen-bond donors (Lipinski definition) is 4. The molecule has 33 heavy (non-hydrogen) atoms. The lowest BCUT2D eigenvalue weighted by molar-refractivity contribution is -0.137. The van der Waals surface area contributed by atoms with Crippen molar-refractivity contribution >= 4 is 0 Å². The molecule has 2 fully saturated rings. The Morgan fingerprint density at radius 3 is 2.36 bits per heavy atom. The maximum absolute atomic E-state index is 15.5. The molecule has 4 unspecified atom stereocenters. The Hall–Kier alpha value is -2.04. The van der Waals surface area contributed by atoms with Crippen LogP contribution in [0.5, 0.6) is 0 Å². The van der Waals surface area contributed by atoms with Gasteiger partial charge in [-0.15, -0.1) is 0 Å². The Labute approximate surface area is 191 Å². The van der Waals surface area contributed by atoms with Crippen molar-refractivity contribution in [1.29, 1.82) is 0 Å². The maximum Gasteiger partial charge on any atom is 0.416 e. The van der Waals surface area contributed by atoms with E-state index in [9.17, 15) is 13.2 Å². The van der Waals surface area contributed by atoms with Gasteiger partial charge in [-0.05, 0) is 48.1 Å². The highest BCUT2D eigenvalue weighted by Gasteiger charge is 2.41. The SMILES string of the molecule is OCCc1ccc(CNC2NCNC(N3CCCC3c3ccc(C(F)(F)F)cc3)C2F)cc1. The summed E-state index contributed by atoms with van der Waals surface area (Å²) in [4.78, 5) is 2.03. The van der Waals surface area contributed by atoms with E-state index < -0.39 is 30.2 Å².